The van der Waals surface area contributed by atoms with Gasteiger partial charge < -0.3 is 14.8 Å². The monoisotopic (exact) mass is 289 g/mol. The van der Waals surface area contributed by atoms with Crippen LogP contribution in [-0.2, 0) is 0 Å². The highest BCUT2D eigenvalue weighted by Gasteiger charge is 2.35. The van der Waals surface area contributed by atoms with Crippen molar-refractivity contribution in [2.75, 3.05) is 20.3 Å². The number of fused-ring (bicyclic) bond motifs is 1. The van der Waals surface area contributed by atoms with E-state index in [9.17, 15) is 0 Å². The second-order valence-electron chi connectivity index (χ2n) is 6.69. The lowest BCUT2D eigenvalue weighted by molar-refractivity contribution is 0.150. The number of nitrogens with one attached hydrogen (secondary N) is 1. The van der Waals surface area contributed by atoms with Crippen LogP contribution in [0.1, 0.15) is 57.1 Å². The summed E-state index contributed by atoms with van der Waals surface area (Å²) in [4.78, 5) is 0. The number of hydrogen-bond acceptors (Lipinski definition) is 3. The molecule has 3 nitrogen and oxygen atoms in total. The molecule has 0 saturated heterocycles. The lowest BCUT2D eigenvalue weighted by Crippen LogP contribution is -2.36. The molecule has 1 aliphatic carbocycles. The van der Waals surface area contributed by atoms with E-state index in [0.717, 1.165) is 31.1 Å². The summed E-state index contributed by atoms with van der Waals surface area (Å²) in [6.07, 6.45) is 7.63. The van der Waals surface area contributed by atoms with Gasteiger partial charge in [0.15, 0.2) is 11.5 Å². The third-order valence-corrected chi connectivity index (χ3v) is 5.09. The molecule has 0 amide bonds. The molecule has 1 heterocycles. The molecular weight excluding hydrogens is 262 g/mol. The second-order valence-corrected chi connectivity index (χ2v) is 6.69. The molecule has 0 radical (unpaired) electrons. The predicted octanol–water partition coefficient (Wildman–Crippen LogP) is 4.08. The Balaban J connectivity index is 1.88. The van der Waals surface area contributed by atoms with Crippen LogP contribution in [0, 0.1) is 5.41 Å². The molecule has 0 aromatic heterocycles. The average molecular weight is 289 g/mol. The van der Waals surface area contributed by atoms with Crippen molar-refractivity contribution in [1.29, 1.82) is 0 Å². The Kier molecular flexibility index (Phi) is 4.39. The van der Waals surface area contributed by atoms with E-state index in [1.54, 1.807) is 0 Å². The maximum atomic E-state index is 5.85. The van der Waals surface area contributed by atoms with E-state index in [4.69, 9.17) is 9.47 Å². The fourth-order valence-corrected chi connectivity index (χ4v) is 3.93. The van der Waals surface area contributed by atoms with Crippen LogP contribution in [0.25, 0.3) is 0 Å². The molecule has 21 heavy (non-hydrogen) atoms. The minimum Gasteiger partial charge on any atom is -0.490 e. The van der Waals surface area contributed by atoms with Gasteiger partial charge in [-0.3, -0.25) is 0 Å². The van der Waals surface area contributed by atoms with Crippen LogP contribution in [0.4, 0.5) is 0 Å². The first-order valence-corrected chi connectivity index (χ1v) is 8.30. The molecule has 1 unspecified atom stereocenters. The molecule has 1 saturated carbocycles. The lowest BCUT2D eigenvalue weighted by Gasteiger charge is -2.41. The zero-order valence-electron chi connectivity index (χ0n) is 13.3. The van der Waals surface area contributed by atoms with Crippen LogP contribution in [-0.4, -0.2) is 20.3 Å². The third kappa shape index (κ3) is 3.03. The van der Waals surface area contributed by atoms with Crippen LogP contribution in [0.2, 0.25) is 0 Å². The van der Waals surface area contributed by atoms with Gasteiger partial charge in [-0.05, 0) is 43.0 Å². The fraction of sp³-hybridized carbons (Fsp3) is 0.667. The van der Waals surface area contributed by atoms with Gasteiger partial charge in [-0.2, -0.15) is 0 Å². The topological polar surface area (TPSA) is 30.5 Å². The maximum absolute atomic E-state index is 5.85. The number of rotatable bonds is 3. The SMILES string of the molecule is CNC(c1ccc2c(c1)OCCCO2)C1(C)CCCCC1. The van der Waals surface area contributed by atoms with Crippen molar-refractivity contribution in [1.82, 2.24) is 5.32 Å². The van der Waals surface area contributed by atoms with Gasteiger partial charge in [0.25, 0.3) is 0 Å². The minimum atomic E-state index is 0.340. The van der Waals surface area contributed by atoms with Gasteiger partial charge in [0.05, 0.1) is 13.2 Å². The van der Waals surface area contributed by atoms with Gasteiger partial charge in [0.1, 0.15) is 0 Å². The van der Waals surface area contributed by atoms with E-state index in [1.807, 2.05) is 0 Å². The van der Waals surface area contributed by atoms with Crippen LogP contribution >= 0.6 is 0 Å². The van der Waals surface area contributed by atoms with E-state index in [-0.39, 0.29) is 0 Å². The van der Waals surface area contributed by atoms with Crippen molar-refractivity contribution < 1.29 is 9.47 Å². The summed E-state index contributed by atoms with van der Waals surface area (Å²) in [5.74, 6) is 1.80. The van der Waals surface area contributed by atoms with E-state index in [2.05, 4.69) is 37.5 Å². The third-order valence-electron chi connectivity index (χ3n) is 5.09. The summed E-state index contributed by atoms with van der Waals surface area (Å²) < 4.78 is 11.6. The van der Waals surface area contributed by atoms with Crippen LogP contribution in [0.15, 0.2) is 18.2 Å². The van der Waals surface area contributed by atoms with Crippen LogP contribution in [0.5, 0.6) is 11.5 Å². The molecule has 2 aliphatic rings. The summed E-state index contributed by atoms with van der Waals surface area (Å²) >= 11 is 0. The number of hydrogen-bond donors (Lipinski definition) is 1. The molecule has 116 valence electrons. The van der Waals surface area contributed by atoms with Gasteiger partial charge in [-0.15, -0.1) is 0 Å². The Bertz CT molecular complexity index is 480. The highest BCUT2D eigenvalue weighted by Crippen LogP contribution is 2.46. The quantitative estimate of drug-likeness (QED) is 0.909. The predicted molar refractivity (Wildman–Crippen MR) is 85.0 cm³/mol. The average Bonchev–Trinajstić information content (AvgIpc) is 2.73. The van der Waals surface area contributed by atoms with E-state index in [1.165, 1.54) is 37.7 Å². The normalized spacial score (nSPS) is 22.4. The van der Waals surface area contributed by atoms with Crippen LogP contribution in [0.3, 0.4) is 0 Å². The van der Waals surface area contributed by atoms with Crippen LogP contribution < -0.4 is 14.8 Å². The summed E-state index contributed by atoms with van der Waals surface area (Å²) in [6.45, 7) is 3.92. The zero-order valence-corrected chi connectivity index (χ0v) is 13.3. The van der Waals surface area contributed by atoms with Crippen molar-refractivity contribution in [3.63, 3.8) is 0 Å². The van der Waals surface area contributed by atoms with Crippen molar-refractivity contribution in [2.45, 2.75) is 51.5 Å². The Hall–Kier alpha value is -1.22. The second kappa shape index (κ2) is 6.27. The lowest BCUT2D eigenvalue weighted by atomic mass is 9.68. The Morgan fingerprint density at radius 3 is 2.43 bits per heavy atom. The summed E-state index contributed by atoms with van der Waals surface area (Å²) in [5, 5.41) is 3.55. The molecular formula is C18H27NO2. The largest absolute Gasteiger partial charge is 0.490 e. The number of benzene rings is 1. The van der Waals surface area contributed by atoms with Gasteiger partial charge in [0.2, 0.25) is 0 Å². The molecule has 1 fully saturated rings. The van der Waals surface area contributed by atoms with Gasteiger partial charge in [-0.1, -0.05) is 32.3 Å². The Morgan fingerprint density at radius 2 is 1.71 bits per heavy atom. The first kappa shape index (κ1) is 14.7. The molecule has 3 rings (SSSR count). The van der Waals surface area contributed by atoms with Crippen molar-refractivity contribution in [2.24, 2.45) is 5.41 Å². The van der Waals surface area contributed by atoms with Crippen molar-refractivity contribution in [3.8, 4) is 11.5 Å². The Morgan fingerprint density at radius 1 is 1.00 bits per heavy atom. The molecule has 0 bridgehead atoms. The molecule has 3 heteroatoms. The van der Waals surface area contributed by atoms with Gasteiger partial charge >= 0.3 is 0 Å². The molecule has 1 aromatic carbocycles. The Labute approximate surface area is 128 Å². The van der Waals surface area contributed by atoms with Gasteiger partial charge in [0, 0.05) is 12.5 Å². The molecule has 0 spiro atoms. The smallest absolute Gasteiger partial charge is 0.161 e. The van der Waals surface area contributed by atoms with Gasteiger partial charge in [-0.25, -0.2) is 0 Å². The van der Waals surface area contributed by atoms with Crippen molar-refractivity contribution >= 4 is 0 Å². The maximum Gasteiger partial charge on any atom is 0.161 e. The minimum absolute atomic E-state index is 0.340. The van der Waals surface area contributed by atoms with E-state index in [0.29, 0.717) is 11.5 Å². The molecule has 1 aliphatic heterocycles. The summed E-state index contributed by atoms with van der Waals surface area (Å²) in [7, 11) is 2.08. The molecule has 1 aromatic rings. The summed E-state index contributed by atoms with van der Waals surface area (Å²) in [6, 6.07) is 6.85. The standard InChI is InChI=1S/C18H27NO2/c1-18(9-4-3-5-10-18)17(19-2)14-7-8-15-16(13-14)21-12-6-11-20-15/h7-8,13,17,19H,3-6,9-12H2,1-2H3. The van der Waals surface area contributed by atoms with E-state index < -0.39 is 0 Å². The van der Waals surface area contributed by atoms with Crippen molar-refractivity contribution in [3.05, 3.63) is 23.8 Å². The first-order valence-electron chi connectivity index (χ1n) is 8.30. The number of ether oxygens (including phenoxy) is 2. The molecule has 1 N–H and O–H groups in total. The zero-order chi connectivity index (χ0) is 14.7. The molecule has 1 atom stereocenters. The van der Waals surface area contributed by atoms with E-state index >= 15 is 0 Å². The first-order chi connectivity index (χ1) is 10.2. The highest BCUT2D eigenvalue weighted by molar-refractivity contribution is 5.44. The summed E-state index contributed by atoms with van der Waals surface area (Å²) in [5.41, 5.74) is 1.67. The fourth-order valence-electron chi connectivity index (χ4n) is 3.93. The highest BCUT2D eigenvalue weighted by atomic mass is 16.5.